The lowest BCUT2D eigenvalue weighted by Crippen LogP contribution is -2.71. The zero-order chi connectivity index (χ0) is 75.2. The number of carbonyl (C=O) groups is 3. The minimum absolute atomic E-state index is 0.0108. The van der Waals surface area contributed by atoms with Crippen LogP contribution in [-0.4, -0.2) is 296 Å². The molecule has 0 radical (unpaired) electrons. The summed E-state index contributed by atoms with van der Waals surface area (Å²) in [7, 11) is 4.30. The number of carboxylic acids is 1. The number of carbonyl (C=O) groups excluding carboxylic acids is 2. The molecular formula is C72H108O31. The molecule has 1 aromatic rings. The van der Waals surface area contributed by atoms with Gasteiger partial charge in [0.05, 0.1) is 84.0 Å². The summed E-state index contributed by atoms with van der Waals surface area (Å²) in [5.41, 5.74) is -7.16. The van der Waals surface area contributed by atoms with Gasteiger partial charge in [-0.25, -0.2) is 4.79 Å². The zero-order valence-electron chi connectivity index (χ0n) is 60.0. The summed E-state index contributed by atoms with van der Waals surface area (Å²) >= 11 is 0. The van der Waals surface area contributed by atoms with Crippen molar-refractivity contribution in [1.82, 2.24) is 0 Å². The molecule has 582 valence electrons. The lowest BCUT2D eigenvalue weighted by Gasteiger charge is -2.71. The van der Waals surface area contributed by atoms with Gasteiger partial charge >= 0.3 is 17.9 Å². The summed E-state index contributed by atoms with van der Waals surface area (Å²) in [6.07, 6.45) is -28.1. The van der Waals surface area contributed by atoms with E-state index in [1.165, 1.54) is 41.3 Å². The van der Waals surface area contributed by atoms with Crippen molar-refractivity contribution >= 4 is 24.0 Å². The average Bonchev–Trinajstić information content (AvgIpc) is 1.67. The Morgan fingerprint density at radius 1 is 0.650 bits per heavy atom. The largest absolute Gasteiger partial charge is 0.493 e. The van der Waals surface area contributed by atoms with Crippen LogP contribution in [0.1, 0.15) is 118 Å². The van der Waals surface area contributed by atoms with Crippen molar-refractivity contribution in [3.05, 3.63) is 35.4 Å². The molecule has 10 aliphatic rings. The Balaban J connectivity index is 0.908. The number of hydrogen-bond acceptors (Lipinski definition) is 30. The number of fused-ring (bicyclic) bond motifs is 7. The summed E-state index contributed by atoms with van der Waals surface area (Å²) in [4.78, 5) is 44.2. The minimum atomic E-state index is -2.21. The first-order chi connectivity index (χ1) is 48.5. The number of rotatable bonds is 21. The molecule has 0 amide bonds. The maximum Gasteiger partial charge on any atom is 0.331 e. The first kappa shape index (κ1) is 79.7. The molecule has 6 aliphatic carbocycles. The third-order valence-electron chi connectivity index (χ3n) is 25.9. The van der Waals surface area contributed by atoms with Gasteiger partial charge < -0.3 is 138 Å². The fourth-order valence-electron chi connectivity index (χ4n) is 19.9. The fraction of sp³-hybridized carbons (Fsp3) is 0.819. The molecule has 4 aliphatic heterocycles. The summed E-state index contributed by atoms with van der Waals surface area (Å²) in [5, 5.41) is 168. The highest BCUT2D eigenvalue weighted by molar-refractivity contribution is 5.87. The van der Waals surface area contributed by atoms with Crippen LogP contribution in [0.5, 0.6) is 17.2 Å². The molecule has 0 aromatic heterocycles. The number of aliphatic hydroxyl groups is 14. The molecule has 0 spiro atoms. The lowest BCUT2D eigenvalue weighted by molar-refractivity contribution is -0.351. The molecule has 31 nitrogen and oxygen atoms in total. The number of aliphatic hydroxyl groups excluding tert-OH is 13. The first-order valence-corrected chi connectivity index (χ1v) is 35.8. The highest BCUT2D eigenvalue weighted by Crippen LogP contribution is 2.76. The third-order valence-corrected chi connectivity index (χ3v) is 25.9. The van der Waals surface area contributed by atoms with Crippen LogP contribution in [0.4, 0.5) is 0 Å². The monoisotopic (exact) mass is 1470 g/mol. The molecule has 1 aromatic carbocycles. The van der Waals surface area contributed by atoms with Crippen molar-refractivity contribution in [3.8, 4) is 17.2 Å². The number of allylic oxidation sites excluding steroid dienone is 1. The molecule has 4 heterocycles. The van der Waals surface area contributed by atoms with Crippen LogP contribution in [0.15, 0.2) is 29.9 Å². The molecule has 5 saturated carbocycles. The number of ether oxygens (including phenoxy) is 13. The van der Waals surface area contributed by atoms with E-state index in [-0.39, 0.29) is 56.7 Å². The van der Waals surface area contributed by atoms with Crippen LogP contribution >= 0.6 is 0 Å². The van der Waals surface area contributed by atoms with Gasteiger partial charge in [-0.1, -0.05) is 46.3 Å². The molecule has 11 rings (SSSR count). The Bertz CT molecular complexity index is 3220. The molecule has 0 unspecified atom stereocenters. The quantitative estimate of drug-likeness (QED) is 0.0308. The summed E-state index contributed by atoms with van der Waals surface area (Å²) < 4.78 is 78.1. The van der Waals surface area contributed by atoms with Crippen LogP contribution in [0, 0.1) is 56.2 Å². The second-order valence-corrected chi connectivity index (χ2v) is 32.2. The number of aliphatic carboxylic acids is 1. The average molecular weight is 1470 g/mol. The minimum Gasteiger partial charge on any atom is -0.493 e. The van der Waals surface area contributed by atoms with E-state index in [1.807, 2.05) is 6.92 Å². The molecule has 31 heteroatoms. The Morgan fingerprint density at radius 3 is 1.94 bits per heavy atom. The number of carboxylic acid groups (broad SMARTS) is 1. The van der Waals surface area contributed by atoms with E-state index in [4.69, 9.17) is 61.6 Å². The number of methoxy groups -OCH3 is 3. The first-order valence-electron chi connectivity index (χ1n) is 35.8. The van der Waals surface area contributed by atoms with Crippen molar-refractivity contribution in [2.45, 2.75) is 253 Å². The van der Waals surface area contributed by atoms with Gasteiger partial charge in [0.2, 0.25) is 5.75 Å². The van der Waals surface area contributed by atoms with Crippen molar-refractivity contribution in [2.75, 3.05) is 61.0 Å². The predicted molar refractivity (Wildman–Crippen MR) is 352 cm³/mol. The van der Waals surface area contributed by atoms with Gasteiger partial charge in [-0.05, 0) is 142 Å². The lowest BCUT2D eigenvalue weighted by atomic mass is 9.33. The summed E-state index contributed by atoms with van der Waals surface area (Å²) in [5.74, 6) is -4.37. The van der Waals surface area contributed by atoms with Gasteiger partial charge in [0.15, 0.2) is 30.4 Å². The third kappa shape index (κ3) is 13.8. The van der Waals surface area contributed by atoms with Gasteiger partial charge in [0, 0.05) is 11.5 Å². The van der Waals surface area contributed by atoms with E-state index in [0.717, 1.165) is 11.6 Å². The van der Waals surface area contributed by atoms with E-state index in [2.05, 4.69) is 26.8 Å². The van der Waals surface area contributed by atoms with Gasteiger partial charge in [0.1, 0.15) is 109 Å². The Hall–Kier alpha value is -4.37. The van der Waals surface area contributed by atoms with E-state index in [1.54, 1.807) is 19.1 Å². The zero-order valence-corrected chi connectivity index (χ0v) is 60.0. The molecule has 15 N–H and O–H groups in total. The molecule has 9 fully saturated rings. The number of hydrogen-bond donors (Lipinski definition) is 15. The van der Waals surface area contributed by atoms with Crippen LogP contribution in [0.25, 0.3) is 6.08 Å². The van der Waals surface area contributed by atoms with Gasteiger partial charge in [-0.2, -0.15) is 0 Å². The van der Waals surface area contributed by atoms with Crippen LogP contribution in [0.2, 0.25) is 0 Å². The second-order valence-electron chi connectivity index (χ2n) is 32.2. The molecule has 32 atom stereocenters. The van der Waals surface area contributed by atoms with E-state index >= 15 is 4.79 Å². The molecular weight excluding hydrogens is 1360 g/mol. The highest BCUT2D eigenvalue weighted by Gasteiger charge is 2.74. The smallest absolute Gasteiger partial charge is 0.331 e. The van der Waals surface area contributed by atoms with E-state index in [0.29, 0.717) is 54.9 Å². The van der Waals surface area contributed by atoms with Gasteiger partial charge in [-0.3, -0.25) is 9.59 Å². The van der Waals surface area contributed by atoms with Crippen LogP contribution < -0.4 is 14.2 Å². The maximum atomic E-state index is 16.2. The molecule has 4 saturated heterocycles. The predicted octanol–water partition coefficient (Wildman–Crippen LogP) is -0.872. The summed E-state index contributed by atoms with van der Waals surface area (Å²) in [6, 6.07) is 3.19. The Labute approximate surface area is 597 Å². The van der Waals surface area contributed by atoms with Crippen molar-refractivity contribution in [3.63, 3.8) is 0 Å². The van der Waals surface area contributed by atoms with Crippen LogP contribution in [-0.2, 0) is 61.8 Å². The van der Waals surface area contributed by atoms with Crippen molar-refractivity contribution in [1.29, 1.82) is 0 Å². The standard InChI is InChI=1S/C72H108O31/c1-32-21-41(99-65(89)70-18-17-66(3,4)24-36(70)35-12-13-44-67(5)25-37(76)60(103-61-51(83)50(82)48(80)42(26-73)98-61)69(7,64(87)88)45(67)15-16-68(44,6)71(35,29-74)20-19-70)57(52(84)54(32)100-46(78)14-11-34-22-39(91-8)56(93-10)40(23-34)92-9)101-62-53(85)58(102-63-59(86)72(90,30-75)31-96-63)55(33(2)97-62)95-28-43-49(81)47(79)38(77)27-94-43/h11-12,14,22-23,32-33,36-38,41-45,47-55,57-63,73-77,79-86,90H,13,15-21,24-31H2,1-10H3,(H,87,88)/b14-11+/t32-,33-,36+,37-,38+,41+,42+,43-,44+,45-,47-,48+,49-,50-,51+,52-,53+,54-,55-,57-,58-,59-,60+,61-,62-,63-,67-,68+,69-,70-,71-,72+/m0/s1. The number of esters is 2. The maximum absolute atomic E-state index is 16.2. The second kappa shape index (κ2) is 30.2. The molecule has 103 heavy (non-hydrogen) atoms. The topological polar surface area (TPSA) is 475 Å². The highest BCUT2D eigenvalue weighted by atomic mass is 16.8. The molecule has 0 bridgehead atoms. The Morgan fingerprint density at radius 2 is 1.31 bits per heavy atom. The Kier molecular flexibility index (Phi) is 23.4. The van der Waals surface area contributed by atoms with Crippen LogP contribution in [0.3, 0.4) is 0 Å². The van der Waals surface area contributed by atoms with Gasteiger partial charge in [0.25, 0.3) is 0 Å². The van der Waals surface area contributed by atoms with E-state index in [9.17, 15) is 86.2 Å². The van der Waals surface area contributed by atoms with Crippen molar-refractivity contribution in [2.24, 2.45) is 56.2 Å². The van der Waals surface area contributed by atoms with Gasteiger partial charge in [-0.15, -0.1) is 0 Å². The number of benzene rings is 1. The SMILES string of the molecule is COc1cc(/C=C/C(=O)O[C@@H]2[C@H](O)[C@@H](O[C@@H]3O[C@@H](C)[C@H](OC[C@@H]4OC[C@@H](O)[C@H](O)[C@H]4O)[C@@H](O[C@@H]4OC[C@](O)(CO)[C@H]4O)[C@H]3O)[C@H](OC(=O)[C@]34CCC(C)(C)C[C@@H]3C3=CC[C@@H]5[C@]6(C)C[C@H](O)[C@@H](O[C@@H]7O[C@H](CO)[C@@H](O)[C@H](O)[C@H]7O)[C@@](C)(C(=O)O)[C@H]6CC[C@@]5(C)[C@]3(CO)CC4)C[C@@H]2C)cc(OC)c1OC. The summed E-state index contributed by atoms with van der Waals surface area (Å²) in [6.45, 7) is 9.43. The fourth-order valence-corrected chi connectivity index (χ4v) is 19.9. The normalized spacial score (nSPS) is 47.4. The van der Waals surface area contributed by atoms with E-state index < -0.39 is 230 Å². The van der Waals surface area contributed by atoms with Crippen molar-refractivity contribution < 1.29 is 153 Å².